The normalized spacial score (nSPS) is 8.21. The van der Waals surface area contributed by atoms with Crippen molar-refractivity contribution in [2.24, 2.45) is 0 Å². The molecule has 0 radical (unpaired) electrons. The summed E-state index contributed by atoms with van der Waals surface area (Å²) in [6.45, 7) is 7.65. The van der Waals surface area contributed by atoms with Crippen molar-refractivity contribution in [3.8, 4) is 0 Å². The second-order valence-corrected chi connectivity index (χ2v) is 3.06. The minimum atomic E-state index is -0.670. The number of rotatable bonds is 6. The van der Waals surface area contributed by atoms with Gasteiger partial charge in [-0.3, -0.25) is 4.79 Å². The number of carboxylic acid groups (broad SMARTS) is 1. The van der Waals surface area contributed by atoms with Gasteiger partial charge >= 0.3 is 24.8 Å². The van der Waals surface area contributed by atoms with E-state index >= 15 is 0 Å². The Kier molecular flexibility index (Phi) is 26.3. The molecule has 0 aromatic carbocycles. The van der Waals surface area contributed by atoms with Crippen molar-refractivity contribution in [1.29, 1.82) is 0 Å². The van der Waals surface area contributed by atoms with E-state index in [4.69, 9.17) is 5.11 Å². The van der Waals surface area contributed by atoms with Crippen LogP contribution in [0.5, 0.6) is 0 Å². The first kappa shape index (κ1) is 19.6. The molecule has 0 atom stereocenters. The van der Waals surface area contributed by atoms with Gasteiger partial charge in [0.25, 0.3) is 0 Å². The smallest absolute Gasteiger partial charge is 0.481 e. The van der Waals surface area contributed by atoms with Crippen LogP contribution >= 0.6 is 0 Å². The predicted octanol–water partition coefficient (Wildman–Crippen LogP) is 0.666. The molecule has 0 aliphatic rings. The van der Waals surface area contributed by atoms with E-state index in [0.717, 1.165) is 19.3 Å². The van der Waals surface area contributed by atoms with E-state index in [0.29, 0.717) is 6.42 Å². The van der Waals surface area contributed by atoms with Crippen LogP contribution in [0.3, 0.4) is 0 Å². The monoisotopic (exact) mass is 194 g/mol. The summed E-state index contributed by atoms with van der Waals surface area (Å²) in [5.41, 5.74) is 0. The van der Waals surface area contributed by atoms with E-state index in [9.17, 15) is 4.79 Å². The third-order valence-electron chi connectivity index (χ3n) is 1.49. The topological polar surface area (TPSA) is 37.3 Å². The Labute approximate surface area is 101 Å². The maximum absolute atomic E-state index is 10.0. The van der Waals surface area contributed by atoms with E-state index in [-0.39, 0.29) is 18.9 Å². The maximum Gasteiger partial charge on any atom is 1.00 e. The molecule has 0 aliphatic heterocycles. The van der Waals surface area contributed by atoms with E-state index in [2.05, 4.69) is 13.8 Å². The van der Waals surface area contributed by atoms with Crippen LogP contribution in [0, 0.1) is 6.92 Å². The molecule has 1 N–H and O–H groups in total. The van der Waals surface area contributed by atoms with E-state index in [1.54, 1.807) is 0 Å². The second-order valence-electron chi connectivity index (χ2n) is 3.06. The average Bonchev–Trinajstić information content (AvgIpc) is 2.05. The predicted molar refractivity (Wildman–Crippen MR) is 56.7 cm³/mol. The Hall–Kier alpha value is 0.0674. The quantitative estimate of drug-likeness (QED) is 0.383. The summed E-state index contributed by atoms with van der Waals surface area (Å²) < 4.78 is 0. The summed E-state index contributed by atoms with van der Waals surface area (Å²) >= 11 is 0. The molecule has 0 aromatic heterocycles. The fourth-order valence-corrected chi connectivity index (χ4v) is 0.880. The molecule has 0 amide bonds. The number of aliphatic carboxylic acids is 1. The number of hydrogen-bond acceptors (Lipinski definition) is 1. The zero-order valence-electron chi connectivity index (χ0n) is 10.0. The minimum Gasteiger partial charge on any atom is -0.481 e. The van der Waals surface area contributed by atoms with Crippen molar-refractivity contribution in [1.82, 2.24) is 0 Å². The molecule has 0 fully saturated rings. The average molecular weight is 194 g/mol. The number of hydrogen-bond donors (Lipinski definition) is 1. The standard InChI is InChI=1S/C8H16O2.C3H7.Li/c1-2-3-4-5-6-7-8(9)10;1-3-2;/h2-7H2,1H3,(H,9,10);1,3H2,2H3;/q;-1;+1. The van der Waals surface area contributed by atoms with Crippen molar-refractivity contribution in [3.63, 3.8) is 0 Å². The fraction of sp³-hybridized carbons (Fsp3) is 0.818. The number of carboxylic acids is 1. The van der Waals surface area contributed by atoms with E-state index in [1.807, 2.05) is 6.92 Å². The third kappa shape index (κ3) is 29.6. The first-order valence-electron chi connectivity index (χ1n) is 5.20. The van der Waals surface area contributed by atoms with Gasteiger partial charge in [0.05, 0.1) is 0 Å². The molecule has 14 heavy (non-hydrogen) atoms. The van der Waals surface area contributed by atoms with Crippen LogP contribution < -0.4 is 18.9 Å². The van der Waals surface area contributed by atoms with Gasteiger partial charge in [0.15, 0.2) is 0 Å². The van der Waals surface area contributed by atoms with E-state index < -0.39 is 5.97 Å². The van der Waals surface area contributed by atoms with Gasteiger partial charge in [-0.1, -0.05) is 39.5 Å². The van der Waals surface area contributed by atoms with Crippen LogP contribution in [-0.2, 0) is 4.79 Å². The zero-order chi connectivity index (χ0) is 10.5. The first-order chi connectivity index (χ1) is 6.18. The Morgan fingerprint density at radius 1 is 1.14 bits per heavy atom. The largest absolute Gasteiger partial charge is 1.00 e. The zero-order valence-corrected chi connectivity index (χ0v) is 10.0. The van der Waals surface area contributed by atoms with Crippen LogP contribution in [0.2, 0.25) is 0 Å². The Morgan fingerprint density at radius 2 is 1.57 bits per heavy atom. The summed E-state index contributed by atoms with van der Waals surface area (Å²) in [6.07, 6.45) is 6.88. The van der Waals surface area contributed by atoms with Gasteiger partial charge in [0, 0.05) is 6.42 Å². The molecule has 0 saturated carbocycles. The van der Waals surface area contributed by atoms with Crippen LogP contribution in [0.25, 0.3) is 0 Å². The third-order valence-corrected chi connectivity index (χ3v) is 1.49. The molecule has 0 heterocycles. The molecule has 0 spiro atoms. The Morgan fingerprint density at radius 3 is 1.93 bits per heavy atom. The van der Waals surface area contributed by atoms with Crippen LogP contribution in [0.15, 0.2) is 0 Å². The second kappa shape index (κ2) is 18.8. The van der Waals surface area contributed by atoms with Gasteiger partial charge in [0.1, 0.15) is 0 Å². The molecular formula is C11H23LiO2. The van der Waals surface area contributed by atoms with Gasteiger partial charge in [-0.15, -0.1) is 0 Å². The molecule has 0 bridgehead atoms. The summed E-state index contributed by atoms with van der Waals surface area (Å²) in [5.74, 6) is -0.670. The van der Waals surface area contributed by atoms with Gasteiger partial charge < -0.3 is 12.0 Å². The van der Waals surface area contributed by atoms with E-state index in [1.165, 1.54) is 19.3 Å². The summed E-state index contributed by atoms with van der Waals surface area (Å²) in [7, 11) is 0. The number of unbranched alkanes of at least 4 members (excludes halogenated alkanes) is 4. The fourth-order valence-electron chi connectivity index (χ4n) is 0.880. The Balaban J connectivity index is -0.000000267. The number of carbonyl (C=O) groups is 1. The molecule has 3 heteroatoms. The first-order valence-corrected chi connectivity index (χ1v) is 5.20. The molecule has 0 aromatic rings. The summed E-state index contributed by atoms with van der Waals surface area (Å²) in [6, 6.07) is 0. The molecule has 0 rings (SSSR count). The van der Waals surface area contributed by atoms with Gasteiger partial charge in [-0.2, -0.15) is 6.42 Å². The molecule has 0 saturated heterocycles. The molecule has 0 aliphatic carbocycles. The van der Waals surface area contributed by atoms with Crippen molar-refractivity contribution in [2.45, 2.75) is 58.8 Å². The van der Waals surface area contributed by atoms with Crippen molar-refractivity contribution < 1.29 is 28.8 Å². The molecular weight excluding hydrogens is 171 g/mol. The van der Waals surface area contributed by atoms with Gasteiger partial charge in [-0.05, 0) is 6.42 Å². The van der Waals surface area contributed by atoms with Crippen LogP contribution in [0.1, 0.15) is 58.8 Å². The molecule has 80 valence electrons. The minimum absolute atomic E-state index is 0. The van der Waals surface area contributed by atoms with Crippen molar-refractivity contribution in [3.05, 3.63) is 6.92 Å². The van der Waals surface area contributed by atoms with Crippen molar-refractivity contribution in [2.75, 3.05) is 0 Å². The molecule has 2 nitrogen and oxygen atoms in total. The van der Waals surface area contributed by atoms with Crippen LogP contribution in [-0.4, -0.2) is 11.1 Å². The van der Waals surface area contributed by atoms with Crippen LogP contribution in [0.4, 0.5) is 0 Å². The molecule has 0 unspecified atom stereocenters. The maximum atomic E-state index is 10.0. The Bertz CT molecular complexity index is 105. The van der Waals surface area contributed by atoms with Crippen molar-refractivity contribution >= 4 is 5.97 Å². The summed E-state index contributed by atoms with van der Waals surface area (Å²) in [5, 5.41) is 8.27. The SMILES string of the molecule is CCCCCCCC(=O)O.[CH2-]CC.[Li+]. The van der Waals surface area contributed by atoms with Gasteiger partial charge in [-0.25, -0.2) is 0 Å². The van der Waals surface area contributed by atoms with Gasteiger partial charge in [0.2, 0.25) is 0 Å². The summed E-state index contributed by atoms with van der Waals surface area (Å²) in [4.78, 5) is 10.0.